The van der Waals surface area contributed by atoms with Gasteiger partial charge in [-0.1, -0.05) is 42.5 Å². The van der Waals surface area contributed by atoms with Crippen molar-refractivity contribution in [2.75, 3.05) is 20.2 Å². The van der Waals surface area contributed by atoms with E-state index in [1.807, 2.05) is 79.0 Å². The third-order valence-corrected chi connectivity index (χ3v) is 11.1. The summed E-state index contributed by atoms with van der Waals surface area (Å²) < 4.78 is 20.8. The summed E-state index contributed by atoms with van der Waals surface area (Å²) in [5.41, 5.74) is 2.01. The number of rotatable bonds is 8. The summed E-state index contributed by atoms with van der Waals surface area (Å²) in [6.07, 6.45) is 6.21. The Bertz CT molecular complexity index is 1430. The lowest BCUT2D eigenvalue weighted by molar-refractivity contribution is 0.00490. The minimum Gasteiger partial charge on any atom is -0.497 e. The molecule has 5 nitrogen and oxygen atoms in total. The second-order valence-corrected chi connectivity index (χ2v) is 12.9. The van der Waals surface area contributed by atoms with E-state index in [0.29, 0.717) is 11.8 Å². The fourth-order valence-electron chi connectivity index (χ4n) is 6.40. The van der Waals surface area contributed by atoms with Gasteiger partial charge in [0.25, 0.3) is 0 Å². The van der Waals surface area contributed by atoms with Gasteiger partial charge in [-0.25, -0.2) is 0 Å². The molecule has 0 spiro atoms. The van der Waals surface area contributed by atoms with E-state index in [0.717, 1.165) is 52.3 Å². The lowest BCUT2D eigenvalue weighted by Crippen LogP contribution is -2.57. The lowest BCUT2D eigenvalue weighted by Gasteiger charge is -2.52. The van der Waals surface area contributed by atoms with Crippen molar-refractivity contribution in [3.05, 3.63) is 109 Å². The summed E-state index contributed by atoms with van der Waals surface area (Å²) in [4.78, 5) is 7.23. The summed E-state index contributed by atoms with van der Waals surface area (Å²) >= 11 is 0. The fourth-order valence-corrected chi connectivity index (χ4v) is 8.88. The third kappa shape index (κ3) is 4.49. The van der Waals surface area contributed by atoms with Crippen molar-refractivity contribution < 1.29 is 9.30 Å². The highest BCUT2D eigenvalue weighted by molar-refractivity contribution is 7.76. The number of fused-ring (bicyclic) bond motifs is 4. The second kappa shape index (κ2) is 10.5. The summed E-state index contributed by atoms with van der Waals surface area (Å²) in [6.45, 7) is 6.16. The average molecular weight is 524 g/mol. The maximum Gasteiger partial charge on any atom is 0.205 e. The molecule has 3 saturated heterocycles. The smallest absolute Gasteiger partial charge is 0.205 e. The average Bonchev–Trinajstić information content (AvgIpc) is 3.00. The Hall–Kier alpha value is -3.24. The number of piperidine rings is 3. The van der Waals surface area contributed by atoms with Gasteiger partial charge in [-0.15, -0.1) is 6.58 Å². The summed E-state index contributed by atoms with van der Waals surface area (Å²) in [5.74, 6) is 1.88. The van der Waals surface area contributed by atoms with Crippen LogP contribution in [0.1, 0.15) is 24.4 Å². The van der Waals surface area contributed by atoms with E-state index in [4.69, 9.17) is 4.74 Å². The molecule has 1 N–H and O–H groups in total. The number of nitrogens with zero attached hydrogens (tertiary/aromatic N) is 2. The molecule has 3 aliphatic heterocycles. The van der Waals surface area contributed by atoms with Crippen LogP contribution in [0.25, 0.3) is 10.9 Å². The van der Waals surface area contributed by atoms with Crippen molar-refractivity contribution in [3.63, 3.8) is 0 Å². The van der Waals surface area contributed by atoms with Gasteiger partial charge in [0, 0.05) is 34.8 Å². The van der Waals surface area contributed by atoms with Gasteiger partial charge in [0.1, 0.15) is 5.75 Å². The molecule has 7 rings (SSSR count). The van der Waals surface area contributed by atoms with Crippen molar-refractivity contribution >= 4 is 28.8 Å². The lowest BCUT2D eigenvalue weighted by atomic mass is 9.73. The maximum atomic E-state index is 15.2. The molecule has 0 aliphatic carbocycles. The summed E-state index contributed by atoms with van der Waals surface area (Å²) in [5, 5.41) is 6.47. The van der Waals surface area contributed by atoms with Gasteiger partial charge >= 0.3 is 0 Å². The van der Waals surface area contributed by atoms with Crippen LogP contribution in [-0.4, -0.2) is 36.1 Å². The van der Waals surface area contributed by atoms with E-state index < -0.39 is 7.29 Å². The second-order valence-electron chi connectivity index (χ2n) is 10.4. The van der Waals surface area contributed by atoms with E-state index in [1.54, 1.807) is 7.11 Å². The molecule has 0 amide bonds. The molecule has 38 heavy (non-hydrogen) atoms. The van der Waals surface area contributed by atoms with Crippen molar-refractivity contribution in [1.82, 2.24) is 15.0 Å². The number of hydrogen-bond donors (Lipinski definition) is 1. The van der Waals surface area contributed by atoms with Crippen LogP contribution in [0.4, 0.5) is 0 Å². The van der Waals surface area contributed by atoms with Gasteiger partial charge in [-0.3, -0.25) is 19.5 Å². The van der Waals surface area contributed by atoms with E-state index in [1.165, 1.54) is 6.42 Å². The molecule has 5 atom stereocenters. The predicted octanol–water partition coefficient (Wildman–Crippen LogP) is 5.70. The van der Waals surface area contributed by atoms with Crippen LogP contribution < -0.4 is 20.4 Å². The van der Waals surface area contributed by atoms with Gasteiger partial charge in [-0.05, 0) is 85.3 Å². The molecule has 3 aromatic carbocycles. The molecule has 3 aliphatic rings. The zero-order chi connectivity index (χ0) is 26.1. The third-order valence-electron chi connectivity index (χ3n) is 8.42. The van der Waals surface area contributed by atoms with Gasteiger partial charge in [-0.2, -0.15) is 0 Å². The first-order valence-corrected chi connectivity index (χ1v) is 15.1. The summed E-state index contributed by atoms with van der Waals surface area (Å²) in [7, 11) is -1.51. The number of aromatic nitrogens is 1. The number of pyridine rings is 1. The van der Waals surface area contributed by atoms with Gasteiger partial charge < -0.3 is 4.74 Å². The van der Waals surface area contributed by atoms with E-state index in [9.17, 15) is 0 Å². The van der Waals surface area contributed by atoms with Crippen LogP contribution in [0.5, 0.6) is 5.75 Å². The van der Waals surface area contributed by atoms with Crippen LogP contribution in [0.15, 0.2) is 104 Å². The Morgan fingerprint density at radius 1 is 1.05 bits per heavy atom. The predicted molar refractivity (Wildman–Crippen MR) is 156 cm³/mol. The Morgan fingerprint density at radius 2 is 1.76 bits per heavy atom. The minimum absolute atomic E-state index is 0.174. The standard InChI is InChI=1S/C32H34N3O2P/c1-3-23-22-35-19-17-24(23)20-31(35)32(28-16-18-33-30-15-14-25(37-2)21-29(28)30)34-38(36,26-10-6-4-7-11-26)27-12-8-5-9-13-27/h3-16,18,21,23-24,31-32H,1,17,19-20,22H2,2H3,(H,34,36)/t23?,24?,31?,32-/m0/s1. The SMILES string of the molecule is C=CC1CN2CCC1CC2[C@@H](NP(=O)(c1ccccc1)c1ccccc1)c1ccnc2ccc(OC)cc12. The Kier molecular flexibility index (Phi) is 6.92. The quantitative estimate of drug-likeness (QED) is 0.237. The Labute approximate surface area is 225 Å². The Morgan fingerprint density at radius 3 is 2.37 bits per heavy atom. The number of nitrogens with one attached hydrogen (secondary N) is 1. The van der Waals surface area contributed by atoms with Gasteiger partial charge in [0.2, 0.25) is 7.29 Å². The molecule has 2 bridgehead atoms. The van der Waals surface area contributed by atoms with Crippen molar-refractivity contribution in [1.29, 1.82) is 0 Å². The first-order valence-electron chi connectivity index (χ1n) is 13.4. The molecular formula is C32H34N3O2P. The zero-order valence-electron chi connectivity index (χ0n) is 21.7. The van der Waals surface area contributed by atoms with E-state index in [-0.39, 0.29) is 12.1 Å². The van der Waals surface area contributed by atoms with Crippen molar-refractivity contribution in [2.45, 2.75) is 24.9 Å². The first-order chi connectivity index (χ1) is 18.6. The van der Waals surface area contributed by atoms with Crippen molar-refractivity contribution in [3.8, 4) is 5.75 Å². The number of benzene rings is 3. The fraction of sp³-hybridized carbons (Fsp3) is 0.281. The molecule has 6 heteroatoms. The van der Waals surface area contributed by atoms with Crippen LogP contribution in [0, 0.1) is 11.8 Å². The van der Waals surface area contributed by atoms with Crippen molar-refractivity contribution in [2.24, 2.45) is 11.8 Å². The van der Waals surface area contributed by atoms with E-state index in [2.05, 4.69) is 39.8 Å². The minimum atomic E-state index is -3.20. The highest BCUT2D eigenvalue weighted by Gasteiger charge is 2.45. The van der Waals surface area contributed by atoms with E-state index >= 15 is 4.57 Å². The number of ether oxygens (including phenoxy) is 1. The van der Waals surface area contributed by atoms with Crippen LogP contribution in [-0.2, 0) is 4.57 Å². The molecule has 0 radical (unpaired) electrons. The van der Waals surface area contributed by atoms with Crippen LogP contribution in [0.2, 0.25) is 0 Å². The molecular weight excluding hydrogens is 489 g/mol. The zero-order valence-corrected chi connectivity index (χ0v) is 22.6. The Balaban J connectivity index is 1.52. The van der Waals surface area contributed by atoms with Gasteiger partial charge in [0.15, 0.2) is 0 Å². The van der Waals surface area contributed by atoms with Crippen LogP contribution in [0.3, 0.4) is 0 Å². The summed E-state index contributed by atoms with van der Waals surface area (Å²) in [6, 6.07) is 27.9. The largest absolute Gasteiger partial charge is 0.497 e. The number of methoxy groups -OCH3 is 1. The maximum absolute atomic E-state index is 15.2. The molecule has 194 valence electrons. The molecule has 1 aromatic heterocycles. The molecule has 4 unspecified atom stereocenters. The molecule has 4 aromatic rings. The normalized spacial score (nSPS) is 23.7. The number of hydrogen-bond acceptors (Lipinski definition) is 4. The van der Waals surface area contributed by atoms with Gasteiger partial charge in [0.05, 0.1) is 18.7 Å². The highest BCUT2D eigenvalue weighted by Crippen LogP contribution is 2.48. The highest BCUT2D eigenvalue weighted by atomic mass is 31.2. The first kappa shape index (κ1) is 25.1. The topological polar surface area (TPSA) is 54.5 Å². The molecule has 3 fully saturated rings. The van der Waals surface area contributed by atoms with Crippen LogP contribution >= 0.6 is 7.29 Å². The molecule has 4 heterocycles. The molecule has 0 saturated carbocycles. The monoisotopic (exact) mass is 523 g/mol.